The average Bonchev–Trinajstić information content (AvgIpc) is 2.89. The highest BCUT2D eigenvalue weighted by atomic mass is 16.5. The largest absolute Gasteiger partial charge is 0.458 e. The number of benzene rings is 4. The van der Waals surface area contributed by atoms with Gasteiger partial charge >= 0.3 is 0 Å². The second-order valence-electron chi connectivity index (χ2n) is 8.81. The van der Waals surface area contributed by atoms with E-state index < -0.39 is 0 Å². The predicted octanol–water partition coefficient (Wildman–Crippen LogP) is 5.45. The molecule has 160 valence electrons. The maximum atomic E-state index is 6.54. The second-order valence-corrected chi connectivity index (χ2v) is 8.81. The molecule has 0 spiro atoms. The first-order chi connectivity index (χ1) is 16.8. The zero-order chi connectivity index (χ0) is 22.6. The summed E-state index contributed by atoms with van der Waals surface area (Å²) in [5.41, 5.74) is 8.78. The number of hydrogen-bond donors (Lipinski definition) is 0. The number of nitrogens with zero attached hydrogens (tertiary/aromatic N) is 1. The summed E-state index contributed by atoms with van der Waals surface area (Å²) in [7, 11) is 0. The number of fused-ring (bicyclic) bond motifs is 4. The van der Waals surface area contributed by atoms with Crippen LogP contribution in [0.3, 0.4) is 0 Å². The fourth-order valence-corrected chi connectivity index (χ4v) is 5.20. The zero-order valence-electron chi connectivity index (χ0n) is 18.7. The van der Waals surface area contributed by atoms with Gasteiger partial charge in [0.2, 0.25) is 0 Å². The molecule has 0 atom stereocenters. The van der Waals surface area contributed by atoms with Crippen molar-refractivity contribution < 1.29 is 9.47 Å². The molecule has 3 heterocycles. The van der Waals surface area contributed by atoms with Crippen LogP contribution >= 0.6 is 0 Å². The van der Waals surface area contributed by atoms with Crippen molar-refractivity contribution in [2.45, 2.75) is 6.92 Å². The Kier molecular flexibility index (Phi) is 4.15. The summed E-state index contributed by atoms with van der Waals surface area (Å²) in [5, 5.41) is 0. The molecular weight excluding hydrogens is 417 g/mol. The number of hydrogen-bond acceptors (Lipinski definition) is 3. The van der Waals surface area contributed by atoms with Crippen LogP contribution in [0.25, 0.3) is 22.4 Å². The lowest BCUT2D eigenvalue weighted by Crippen LogP contribution is -2.57. The fourth-order valence-electron chi connectivity index (χ4n) is 5.20. The fraction of sp³-hybridized carbons (Fsp3) is 0.0333. The number of rotatable bonds is 2. The maximum Gasteiger partial charge on any atom is 0.260 e. The molecule has 0 radical (unpaired) electrons. The Morgan fingerprint density at radius 1 is 0.618 bits per heavy atom. The Bertz CT molecular complexity index is 1560. The van der Waals surface area contributed by atoms with Crippen LogP contribution in [0.4, 0.5) is 0 Å². The molecule has 0 bridgehead atoms. The summed E-state index contributed by atoms with van der Waals surface area (Å²) >= 11 is 0. The van der Waals surface area contributed by atoms with Crippen LogP contribution in [0.1, 0.15) is 5.56 Å². The van der Waals surface area contributed by atoms with E-state index in [1.54, 1.807) is 0 Å². The summed E-state index contributed by atoms with van der Waals surface area (Å²) in [6, 6.07) is 33.3. The first-order valence-electron chi connectivity index (χ1n) is 11.5. The lowest BCUT2D eigenvalue weighted by Gasteiger charge is -2.33. The van der Waals surface area contributed by atoms with Gasteiger partial charge < -0.3 is 9.47 Å². The Morgan fingerprint density at radius 3 is 2.06 bits per heavy atom. The summed E-state index contributed by atoms with van der Waals surface area (Å²) in [6.07, 6.45) is 1.95. The van der Waals surface area contributed by atoms with E-state index in [1.807, 2.05) is 36.5 Å². The number of aryl methyl sites for hydroxylation is 1. The van der Waals surface area contributed by atoms with E-state index in [-0.39, 0.29) is 6.71 Å². The van der Waals surface area contributed by atoms with Crippen LogP contribution < -0.4 is 25.9 Å². The van der Waals surface area contributed by atoms with Gasteiger partial charge in [-0.05, 0) is 59.3 Å². The van der Waals surface area contributed by atoms with Gasteiger partial charge in [0.1, 0.15) is 23.0 Å². The van der Waals surface area contributed by atoms with Gasteiger partial charge in [0.15, 0.2) is 0 Å². The molecule has 1 aromatic heterocycles. The van der Waals surface area contributed by atoms with Crippen molar-refractivity contribution in [2.24, 2.45) is 0 Å². The minimum Gasteiger partial charge on any atom is -0.458 e. The van der Waals surface area contributed by atoms with Gasteiger partial charge in [-0.25, -0.2) is 0 Å². The first-order valence-corrected chi connectivity index (χ1v) is 11.5. The number of ether oxygens (including phenoxy) is 2. The Labute approximate surface area is 198 Å². The summed E-state index contributed by atoms with van der Waals surface area (Å²) < 4.78 is 12.9. The van der Waals surface area contributed by atoms with Crippen molar-refractivity contribution in [3.05, 3.63) is 109 Å². The molecule has 7 rings (SSSR count). The van der Waals surface area contributed by atoms with Gasteiger partial charge in [-0.3, -0.25) is 4.98 Å². The molecule has 0 aliphatic carbocycles. The average molecular weight is 437 g/mol. The van der Waals surface area contributed by atoms with Crippen LogP contribution in [0.5, 0.6) is 23.0 Å². The molecule has 0 saturated carbocycles. The Morgan fingerprint density at radius 2 is 1.32 bits per heavy atom. The lowest BCUT2D eigenvalue weighted by molar-refractivity contribution is 0.465. The normalized spacial score (nSPS) is 12.7. The summed E-state index contributed by atoms with van der Waals surface area (Å²) in [4.78, 5) is 4.85. The molecule has 34 heavy (non-hydrogen) atoms. The van der Waals surface area contributed by atoms with Gasteiger partial charge in [-0.15, -0.1) is 0 Å². The van der Waals surface area contributed by atoms with Crippen molar-refractivity contribution >= 4 is 23.1 Å². The van der Waals surface area contributed by atoms with Gasteiger partial charge in [-0.2, -0.15) is 0 Å². The smallest absolute Gasteiger partial charge is 0.260 e. The van der Waals surface area contributed by atoms with Gasteiger partial charge in [0.05, 0.1) is 5.69 Å². The molecule has 2 aliphatic heterocycles. The summed E-state index contributed by atoms with van der Waals surface area (Å²) in [6.45, 7) is 2.19. The van der Waals surface area contributed by atoms with Gasteiger partial charge in [-0.1, -0.05) is 66.7 Å². The van der Waals surface area contributed by atoms with Crippen molar-refractivity contribution in [2.75, 3.05) is 0 Å². The van der Waals surface area contributed by atoms with Crippen molar-refractivity contribution in [1.82, 2.24) is 4.98 Å². The SMILES string of the molecule is Cc1ccccc1-c1ccc(-c2ccc3c4c2Oc2ccccc2B4c2ccccc2O3)nc1. The quantitative estimate of drug-likeness (QED) is 0.337. The van der Waals surface area contributed by atoms with Crippen molar-refractivity contribution in [1.29, 1.82) is 0 Å². The second kappa shape index (κ2) is 7.36. The Balaban J connectivity index is 1.40. The monoisotopic (exact) mass is 437 g/mol. The molecule has 0 saturated heterocycles. The first kappa shape index (κ1) is 19.2. The molecular formula is C30H20BNO2. The van der Waals surface area contributed by atoms with Crippen molar-refractivity contribution in [3.63, 3.8) is 0 Å². The van der Waals surface area contributed by atoms with E-state index >= 15 is 0 Å². The van der Waals surface area contributed by atoms with Crippen LogP contribution in [-0.4, -0.2) is 11.7 Å². The molecule has 4 heteroatoms. The molecule has 3 nitrogen and oxygen atoms in total. The third-order valence-electron chi connectivity index (χ3n) is 6.83. The minimum atomic E-state index is 0.0612. The number of para-hydroxylation sites is 2. The van der Waals surface area contributed by atoms with Crippen LogP contribution in [0.2, 0.25) is 0 Å². The van der Waals surface area contributed by atoms with E-state index in [9.17, 15) is 0 Å². The number of pyridine rings is 1. The zero-order valence-corrected chi connectivity index (χ0v) is 18.7. The molecule has 2 aliphatic rings. The van der Waals surface area contributed by atoms with Gasteiger partial charge in [0.25, 0.3) is 6.71 Å². The van der Waals surface area contributed by atoms with Crippen LogP contribution in [0.15, 0.2) is 103 Å². The van der Waals surface area contributed by atoms with Gasteiger partial charge in [0, 0.05) is 22.8 Å². The lowest BCUT2D eigenvalue weighted by atomic mass is 9.34. The van der Waals surface area contributed by atoms with E-state index in [0.717, 1.165) is 56.2 Å². The summed E-state index contributed by atoms with van der Waals surface area (Å²) in [5.74, 6) is 3.45. The highest BCUT2D eigenvalue weighted by molar-refractivity contribution is 6.98. The molecule has 0 N–H and O–H groups in total. The highest BCUT2D eigenvalue weighted by Crippen LogP contribution is 2.40. The van der Waals surface area contributed by atoms with Crippen LogP contribution in [-0.2, 0) is 0 Å². The molecule has 4 aromatic carbocycles. The van der Waals surface area contributed by atoms with E-state index in [0.29, 0.717) is 0 Å². The third-order valence-corrected chi connectivity index (χ3v) is 6.83. The third kappa shape index (κ3) is 2.82. The van der Waals surface area contributed by atoms with Crippen molar-refractivity contribution in [3.8, 4) is 45.4 Å². The standard InChI is InChI=1S/C30H20BNO2/c1-19-8-2-3-9-21(19)20-14-16-25(32-18-20)22-15-17-28-29-30(22)34-27-13-7-5-11-24(27)31(29)23-10-4-6-12-26(23)33-28/h2-18H,1H3. The minimum absolute atomic E-state index is 0.0612. The topological polar surface area (TPSA) is 31.4 Å². The van der Waals surface area contributed by atoms with E-state index in [1.165, 1.54) is 11.1 Å². The van der Waals surface area contributed by atoms with E-state index in [4.69, 9.17) is 14.5 Å². The number of aromatic nitrogens is 1. The Hall–Kier alpha value is -4.31. The molecule has 0 fully saturated rings. The predicted molar refractivity (Wildman–Crippen MR) is 138 cm³/mol. The maximum absolute atomic E-state index is 6.54. The highest BCUT2D eigenvalue weighted by Gasteiger charge is 2.40. The molecule has 0 amide bonds. The van der Waals surface area contributed by atoms with Crippen LogP contribution in [0, 0.1) is 6.92 Å². The molecule has 5 aromatic rings. The van der Waals surface area contributed by atoms with E-state index in [2.05, 4.69) is 73.7 Å². The molecule has 0 unspecified atom stereocenters.